The molecule has 7 nitrogen and oxygen atoms in total. The summed E-state index contributed by atoms with van der Waals surface area (Å²) in [5.74, 6) is 0. The van der Waals surface area contributed by atoms with Crippen molar-refractivity contribution in [3.63, 3.8) is 0 Å². The summed E-state index contributed by atoms with van der Waals surface area (Å²) < 4.78 is 0. The van der Waals surface area contributed by atoms with Crippen LogP contribution in [0.2, 0.25) is 0 Å². The molecule has 0 unspecified atom stereocenters. The van der Waals surface area contributed by atoms with Crippen molar-refractivity contribution in [1.82, 2.24) is 0 Å². The molecule has 7 heteroatoms. The topological polar surface area (TPSA) is 91.9 Å². The van der Waals surface area contributed by atoms with Gasteiger partial charge in [-0.1, -0.05) is 18.6 Å². The van der Waals surface area contributed by atoms with Gasteiger partial charge in [0.15, 0.2) is 0 Å². The molecule has 5 rings (SSSR count). The lowest BCUT2D eigenvalue weighted by Gasteiger charge is -2.44. The maximum atomic E-state index is 10.8. The van der Waals surface area contributed by atoms with Crippen molar-refractivity contribution in [1.29, 1.82) is 0 Å². The third-order valence-corrected chi connectivity index (χ3v) is 5.81. The van der Waals surface area contributed by atoms with Crippen LogP contribution in [0.15, 0.2) is 64.8 Å². The first kappa shape index (κ1) is 17.6. The Morgan fingerprint density at radius 1 is 0.862 bits per heavy atom. The van der Waals surface area contributed by atoms with Gasteiger partial charge in [-0.3, -0.25) is 10.1 Å². The molecule has 1 heterocycles. The summed E-state index contributed by atoms with van der Waals surface area (Å²) in [6.07, 6.45) is 5.98. The third kappa shape index (κ3) is 3.18. The van der Waals surface area contributed by atoms with Crippen molar-refractivity contribution >= 4 is 39.2 Å². The Hall–Kier alpha value is -3.48. The SMILES string of the molecule is O=[N+]([O-])c1ccc(N=Nc2ccc3c4c(cccc24)NC2(CCCCC2)N3)cc1. The second-order valence-corrected chi connectivity index (χ2v) is 7.73. The predicted octanol–water partition coefficient (Wildman–Crippen LogP) is 6.66. The van der Waals surface area contributed by atoms with Crippen molar-refractivity contribution in [2.24, 2.45) is 10.2 Å². The Morgan fingerprint density at radius 3 is 2.31 bits per heavy atom. The van der Waals surface area contributed by atoms with E-state index < -0.39 is 4.92 Å². The summed E-state index contributed by atoms with van der Waals surface area (Å²) >= 11 is 0. The van der Waals surface area contributed by atoms with Gasteiger partial charge < -0.3 is 10.6 Å². The molecule has 3 aromatic rings. The highest BCUT2D eigenvalue weighted by molar-refractivity contribution is 6.09. The van der Waals surface area contributed by atoms with Gasteiger partial charge in [-0.2, -0.15) is 5.11 Å². The first-order chi connectivity index (χ1) is 14.1. The fourth-order valence-electron chi connectivity index (χ4n) is 4.39. The molecular formula is C22H21N5O2. The van der Waals surface area contributed by atoms with E-state index in [1.165, 1.54) is 31.4 Å². The van der Waals surface area contributed by atoms with Crippen LogP contribution >= 0.6 is 0 Å². The molecule has 1 aliphatic heterocycles. The van der Waals surface area contributed by atoms with Crippen LogP contribution in [0.4, 0.5) is 28.4 Å². The number of hydrogen-bond donors (Lipinski definition) is 2. The molecule has 0 atom stereocenters. The zero-order valence-corrected chi connectivity index (χ0v) is 15.9. The van der Waals surface area contributed by atoms with E-state index in [9.17, 15) is 10.1 Å². The second-order valence-electron chi connectivity index (χ2n) is 7.73. The van der Waals surface area contributed by atoms with E-state index in [1.807, 2.05) is 12.1 Å². The molecule has 0 bridgehead atoms. The summed E-state index contributed by atoms with van der Waals surface area (Å²) in [6.45, 7) is 0. The molecule has 0 amide bonds. The second kappa shape index (κ2) is 6.84. The Bertz CT molecular complexity index is 1100. The van der Waals surface area contributed by atoms with Crippen LogP contribution in [0, 0.1) is 10.1 Å². The molecule has 1 fully saturated rings. The zero-order valence-electron chi connectivity index (χ0n) is 15.9. The first-order valence-electron chi connectivity index (χ1n) is 9.92. The number of azo groups is 1. The fraction of sp³-hybridized carbons (Fsp3) is 0.273. The molecule has 1 saturated carbocycles. The zero-order chi connectivity index (χ0) is 19.8. The highest BCUT2D eigenvalue weighted by Crippen LogP contribution is 2.45. The Balaban J connectivity index is 1.49. The number of nitro benzene ring substituents is 1. The number of non-ortho nitro benzene ring substituents is 1. The van der Waals surface area contributed by atoms with E-state index >= 15 is 0 Å². The molecule has 3 aromatic carbocycles. The van der Waals surface area contributed by atoms with E-state index in [1.54, 1.807) is 12.1 Å². The summed E-state index contributed by atoms with van der Waals surface area (Å²) in [5.41, 5.74) is 3.59. The largest absolute Gasteiger partial charge is 0.362 e. The minimum absolute atomic E-state index is 0.0410. The number of anilines is 2. The van der Waals surface area contributed by atoms with Crippen molar-refractivity contribution in [3.05, 3.63) is 64.7 Å². The van der Waals surface area contributed by atoms with Gasteiger partial charge in [-0.05, 0) is 56.0 Å². The Kier molecular flexibility index (Phi) is 4.16. The van der Waals surface area contributed by atoms with E-state index in [0.717, 1.165) is 40.7 Å². The standard InChI is InChI=1S/C22H21N5O2/c28-27(29)16-9-7-15(8-10-16)25-26-18-11-12-20-21-17(18)5-4-6-19(21)23-22(24-20)13-2-1-3-14-22/h4-12,23-24H,1-3,13-14H2. The van der Waals surface area contributed by atoms with E-state index in [0.29, 0.717) is 5.69 Å². The number of nitrogens with one attached hydrogen (secondary N) is 2. The Morgan fingerprint density at radius 2 is 1.59 bits per heavy atom. The normalized spacial score (nSPS) is 17.2. The van der Waals surface area contributed by atoms with Crippen molar-refractivity contribution in [3.8, 4) is 0 Å². The van der Waals surface area contributed by atoms with Gasteiger partial charge in [-0.15, -0.1) is 5.11 Å². The summed E-state index contributed by atoms with van der Waals surface area (Å²) in [7, 11) is 0. The van der Waals surface area contributed by atoms with Crippen LogP contribution in [-0.4, -0.2) is 10.6 Å². The maximum Gasteiger partial charge on any atom is 0.269 e. The van der Waals surface area contributed by atoms with E-state index in [4.69, 9.17) is 0 Å². The molecule has 0 radical (unpaired) electrons. The van der Waals surface area contributed by atoms with Gasteiger partial charge in [0.25, 0.3) is 5.69 Å². The summed E-state index contributed by atoms with van der Waals surface area (Å²) in [6, 6.07) is 16.3. The third-order valence-electron chi connectivity index (χ3n) is 5.81. The molecule has 0 aromatic heterocycles. The molecular weight excluding hydrogens is 366 g/mol. The number of hydrogen-bond acceptors (Lipinski definition) is 6. The molecule has 1 spiro atoms. The van der Waals surface area contributed by atoms with Crippen molar-refractivity contribution in [2.75, 3.05) is 10.6 Å². The molecule has 2 aliphatic rings. The number of nitro groups is 1. The lowest BCUT2D eigenvalue weighted by Crippen LogP contribution is -2.49. The highest BCUT2D eigenvalue weighted by Gasteiger charge is 2.35. The van der Waals surface area contributed by atoms with Crippen LogP contribution in [-0.2, 0) is 0 Å². The highest BCUT2D eigenvalue weighted by atomic mass is 16.6. The minimum Gasteiger partial charge on any atom is -0.362 e. The molecule has 1 aliphatic carbocycles. The maximum absolute atomic E-state index is 10.8. The van der Waals surface area contributed by atoms with Crippen LogP contribution in [0.3, 0.4) is 0 Å². The van der Waals surface area contributed by atoms with Gasteiger partial charge in [-0.25, -0.2) is 0 Å². The number of nitrogens with zero attached hydrogens (tertiary/aromatic N) is 3. The molecule has 146 valence electrons. The Labute approximate surface area is 168 Å². The molecule has 2 N–H and O–H groups in total. The number of rotatable bonds is 3. The number of benzene rings is 3. The average Bonchev–Trinajstić information content (AvgIpc) is 2.74. The monoisotopic (exact) mass is 387 g/mol. The summed E-state index contributed by atoms with van der Waals surface area (Å²) in [5, 5.41) is 29.1. The molecule has 29 heavy (non-hydrogen) atoms. The lowest BCUT2D eigenvalue weighted by molar-refractivity contribution is -0.384. The van der Waals surface area contributed by atoms with Gasteiger partial charge in [0.05, 0.1) is 16.3 Å². The fourth-order valence-corrected chi connectivity index (χ4v) is 4.39. The minimum atomic E-state index is -0.424. The van der Waals surface area contributed by atoms with E-state index in [2.05, 4.69) is 39.1 Å². The smallest absolute Gasteiger partial charge is 0.269 e. The van der Waals surface area contributed by atoms with Gasteiger partial charge in [0.1, 0.15) is 5.66 Å². The summed E-state index contributed by atoms with van der Waals surface area (Å²) in [4.78, 5) is 10.4. The van der Waals surface area contributed by atoms with E-state index in [-0.39, 0.29) is 11.4 Å². The van der Waals surface area contributed by atoms with Gasteiger partial charge in [0.2, 0.25) is 0 Å². The van der Waals surface area contributed by atoms with Gasteiger partial charge >= 0.3 is 0 Å². The predicted molar refractivity (Wildman–Crippen MR) is 114 cm³/mol. The van der Waals surface area contributed by atoms with Crippen LogP contribution in [0.1, 0.15) is 32.1 Å². The van der Waals surface area contributed by atoms with Crippen LogP contribution in [0.5, 0.6) is 0 Å². The van der Waals surface area contributed by atoms with Crippen molar-refractivity contribution < 1.29 is 4.92 Å². The van der Waals surface area contributed by atoms with Crippen LogP contribution in [0.25, 0.3) is 10.8 Å². The van der Waals surface area contributed by atoms with Crippen LogP contribution < -0.4 is 10.6 Å². The first-order valence-corrected chi connectivity index (χ1v) is 9.92. The molecule has 0 saturated heterocycles. The quantitative estimate of drug-likeness (QED) is 0.298. The lowest BCUT2D eigenvalue weighted by atomic mass is 9.86. The average molecular weight is 387 g/mol. The van der Waals surface area contributed by atoms with Crippen molar-refractivity contribution in [2.45, 2.75) is 37.8 Å². The van der Waals surface area contributed by atoms with Gasteiger partial charge in [0, 0.05) is 34.3 Å².